The van der Waals surface area contributed by atoms with Crippen molar-refractivity contribution in [2.75, 3.05) is 6.54 Å². The molecule has 1 aliphatic heterocycles. The van der Waals surface area contributed by atoms with E-state index in [0.29, 0.717) is 11.8 Å². The molecule has 4 rings (SSSR count). The van der Waals surface area contributed by atoms with Crippen molar-refractivity contribution in [1.82, 2.24) is 9.47 Å². The van der Waals surface area contributed by atoms with Crippen molar-refractivity contribution < 1.29 is 4.79 Å². The molecule has 1 aromatic heterocycles. The topological polar surface area (TPSA) is 25.2 Å². The Balaban J connectivity index is 1.76. The Hall–Kier alpha value is -1.77. The molecule has 1 fully saturated rings. The Morgan fingerprint density at radius 1 is 1.26 bits per heavy atom. The molecule has 19 heavy (non-hydrogen) atoms. The van der Waals surface area contributed by atoms with E-state index in [9.17, 15) is 4.79 Å². The number of aryl methyl sites for hydroxylation is 1. The molecule has 0 N–H and O–H groups in total. The standard InChI is InChI=1S/C16H18N2O/c1-17-14-5-3-2-4-12(14)13-8-9-18(10-15(13)17)16(19)11-6-7-11/h2-5,11H,6-10H2,1H3. The van der Waals surface area contributed by atoms with Crippen molar-refractivity contribution in [1.29, 1.82) is 0 Å². The van der Waals surface area contributed by atoms with Gasteiger partial charge in [-0.05, 0) is 30.9 Å². The fourth-order valence-electron chi connectivity index (χ4n) is 3.29. The molecule has 1 saturated carbocycles. The van der Waals surface area contributed by atoms with E-state index in [1.807, 2.05) is 0 Å². The van der Waals surface area contributed by atoms with Crippen LogP contribution in [0.5, 0.6) is 0 Å². The van der Waals surface area contributed by atoms with E-state index in [1.54, 1.807) is 0 Å². The fraction of sp³-hybridized carbons (Fsp3) is 0.438. The van der Waals surface area contributed by atoms with E-state index in [0.717, 1.165) is 32.4 Å². The highest BCUT2D eigenvalue weighted by atomic mass is 16.2. The lowest BCUT2D eigenvalue weighted by Gasteiger charge is -2.28. The van der Waals surface area contributed by atoms with E-state index < -0.39 is 0 Å². The molecule has 0 spiro atoms. The van der Waals surface area contributed by atoms with Gasteiger partial charge in [0.05, 0.1) is 6.54 Å². The number of nitrogens with zero attached hydrogens (tertiary/aromatic N) is 2. The Kier molecular flexibility index (Phi) is 2.25. The van der Waals surface area contributed by atoms with Crippen LogP contribution in [0.2, 0.25) is 0 Å². The summed E-state index contributed by atoms with van der Waals surface area (Å²) in [6.07, 6.45) is 3.18. The van der Waals surface area contributed by atoms with Gasteiger partial charge in [0, 0.05) is 36.1 Å². The number of rotatable bonds is 1. The molecule has 0 saturated heterocycles. The van der Waals surface area contributed by atoms with Crippen LogP contribution in [-0.2, 0) is 24.8 Å². The number of carbonyl (C=O) groups is 1. The zero-order valence-corrected chi connectivity index (χ0v) is 11.2. The largest absolute Gasteiger partial charge is 0.346 e. The number of hydrogen-bond donors (Lipinski definition) is 0. The molecule has 1 amide bonds. The van der Waals surface area contributed by atoms with Gasteiger partial charge in [0.1, 0.15) is 0 Å². The molecule has 2 aliphatic rings. The van der Waals surface area contributed by atoms with Crippen LogP contribution in [0.4, 0.5) is 0 Å². The highest BCUT2D eigenvalue weighted by molar-refractivity contribution is 5.87. The second kappa shape index (κ2) is 3.86. The summed E-state index contributed by atoms with van der Waals surface area (Å²) in [7, 11) is 2.12. The number of benzene rings is 1. The molecule has 0 atom stereocenters. The predicted molar refractivity (Wildman–Crippen MR) is 74.8 cm³/mol. The predicted octanol–water partition coefficient (Wildman–Crippen LogP) is 2.47. The first-order valence-corrected chi connectivity index (χ1v) is 7.09. The van der Waals surface area contributed by atoms with Crippen LogP contribution in [0.1, 0.15) is 24.1 Å². The van der Waals surface area contributed by atoms with Gasteiger partial charge in [0.25, 0.3) is 0 Å². The third-order valence-corrected chi connectivity index (χ3v) is 4.55. The molecule has 3 heteroatoms. The van der Waals surface area contributed by atoms with Crippen LogP contribution in [-0.4, -0.2) is 21.9 Å². The minimum absolute atomic E-state index is 0.330. The number of para-hydroxylation sites is 1. The lowest BCUT2D eigenvalue weighted by Crippen LogP contribution is -2.37. The zero-order valence-electron chi connectivity index (χ0n) is 11.2. The molecule has 0 bridgehead atoms. The Morgan fingerprint density at radius 2 is 2.05 bits per heavy atom. The van der Waals surface area contributed by atoms with Crippen molar-refractivity contribution in [2.45, 2.75) is 25.8 Å². The minimum Gasteiger partial charge on any atom is -0.346 e. The maximum Gasteiger partial charge on any atom is 0.226 e. The summed E-state index contributed by atoms with van der Waals surface area (Å²) in [4.78, 5) is 14.3. The summed E-state index contributed by atoms with van der Waals surface area (Å²) >= 11 is 0. The number of amides is 1. The van der Waals surface area contributed by atoms with Gasteiger partial charge in [-0.25, -0.2) is 0 Å². The molecule has 1 aliphatic carbocycles. The van der Waals surface area contributed by atoms with Crippen LogP contribution in [0, 0.1) is 5.92 Å². The highest BCUT2D eigenvalue weighted by Crippen LogP contribution is 2.34. The van der Waals surface area contributed by atoms with Gasteiger partial charge in [-0.3, -0.25) is 4.79 Å². The first-order valence-electron chi connectivity index (χ1n) is 7.09. The molecule has 0 unspecified atom stereocenters. The summed E-state index contributed by atoms with van der Waals surface area (Å²) in [5, 5.41) is 1.36. The zero-order chi connectivity index (χ0) is 13.0. The van der Waals surface area contributed by atoms with E-state index in [4.69, 9.17) is 0 Å². The lowest BCUT2D eigenvalue weighted by molar-refractivity contribution is -0.133. The average Bonchev–Trinajstić information content (AvgIpc) is 3.26. The van der Waals surface area contributed by atoms with Crippen LogP contribution in [0.25, 0.3) is 10.9 Å². The third kappa shape index (κ3) is 1.61. The molecule has 2 aromatic rings. The number of fused-ring (bicyclic) bond motifs is 3. The van der Waals surface area contributed by atoms with Gasteiger partial charge in [-0.15, -0.1) is 0 Å². The summed E-state index contributed by atoms with van der Waals surface area (Å²) in [6, 6.07) is 8.55. The second-order valence-corrected chi connectivity index (χ2v) is 5.79. The van der Waals surface area contributed by atoms with Crippen molar-refractivity contribution in [2.24, 2.45) is 13.0 Å². The van der Waals surface area contributed by atoms with Crippen molar-refractivity contribution in [3.05, 3.63) is 35.5 Å². The summed E-state index contributed by atoms with van der Waals surface area (Å²) in [6.45, 7) is 1.67. The summed E-state index contributed by atoms with van der Waals surface area (Å²) in [5.41, 5.74) is 4.05. The van der Waals surface area contributed by atoms with Gasteiger partial charge in [0.2, 0.25) is 5.91 Å². The molecule has 2 heterocycles. The maximum atomic E-state index is 12.2. The molecule has 3 nitrogen and oxygen atoms in total. The second-order valence-electron chi connectivity index (χ2n) is 5.79. The van der Waals surface area contributed by atoms with Gasteiger partial charge >= 0.3 is 0 Å². The van der Waals surface area contributed by atoms with Gasteiger partial charge < -0.3 is 9.47 Å². The normalized spacial score (nSPS) is 18.7. The smallest absolute Gasteiger partial charge is 0.226 e. The van der Waals surface area contributed by atoms with Gasteiger partial charge in [0.15, 0.2) is 0 Å². The van der Waals surface area contributed by atoms with E-state index >= 15 is 0 Å². The Bertz CT molecular complexity index is 667. The van der Waals surface area contributed by atoms with Crippen molar-refractivity contribution >= 4 is 16.8 Å². The third-order valence-electron chi connectivity index (χ3n) is 4.55. The first kappa shape index (κ1) is 11.1. The Labute approximate surface area is 112 Å². The van der Waals surface area contributed by atoms with Crippen molar-refractivity contribution in [3.8, 4) is 0 Å². The Morgan fingerprint density at radius 3 is 2.84 bits per heavy atom. The van der Waals surface area contributed by atoms with Crippen LogP contribution in [0.3, 0.4) is 0 Å². The molecule has 98 valence electrons. The van der Waals surface area contributed by atoms with Crippen LogP contribution in [0.15, 0.2) is 24.3 Å². The van der Waals surface area contributed by atoms with Crippen LogP contribution < -0.4 is 0 Å². The minimum atomic E-state index is 0.330. The molecule has 1 aromatic carbocycles. The van der Waals surface area contributed by atoms with E-state index in [1.165, 1.54) is 22.2 Å². The lowest BCUT2D eigenvalue weighted by atomic mass is 10.0. The number of aromatic nitrogens is 1. The van der Waals surface area contributed by atoms with Gasteiger partial charge in [-0.1, -0.05) is 18.2 Å². The fourth-order valence-corrected chi connectivity index (χ4v) is 3.29. The van der Waals surface area contributed by atoms with Crippen LogP contribution >= 0.6 is 0 Å². The first-order chi connectivity index (χ1) is 9.25. The van der Waals surface area contributed by atoms with Gasteiger partial charge in [-0.2, -0.15) is 0 Å². The number of hydrogen-bond acceptors (Lipinski definition) is 1. The van der Waals surface area contributed by atoms with E-state index in [2.05, 4.69) is 40.8 Å². The average molecular weight is 254 g/mol. The summed E-state index contributed by atoms with van der Waals surface area (Å²) < 4.78 is 2.26. The molecular formula is C16H18N2O. The molecule has 0 radical (unpaired) electrons. The quantitative estimate of drug-likeness (QED) is 0.767. The molecular weight excluding hydrogens is 236 g/mol. The maximum absolute atomic E-state index is 12.2. The van der Waals surface area contributed by atoms with Crippen molar-refractivity contribution in [3.63, 3.8) is 0 Å². The number of carbonyl (C=O) groups excluding carboxylic acids is 1. The summed E-state index contributed by atoms with van der Waals surface area (Å²) in [5.74, 6) is 0.701. The SMILES string of the molecule is Cn1c2c(c3ccccc31)CCN(C(=O)C1CC1)C2. The monoisotopic (exact) mass is 254 g/mol. The highest BCUT2D eigenvalue weighted by Gasteiger charge is 2.35. The van der Waals surface area contributed by atoms with E-state index in [-0.39, 0.29) is 0 Å².